The van der Waals surface area contributed by atoms with Crippen LogP contribution >= 0.6 is 0 Å². The third-order valence-corrected chi connectivity index (χ3v) is 7.40. The number of aromatic nitrogens is 5. The SMILES string of the molecule is CS(=O)(=O)CCN(CCCCc1ccc2c(n1)NCCC2)CCC(Nc1ncnc2[nH]ncc12)C(=O)O. The Morgan fingerprint density at radius 1 is 1.22 bits per heavy atom. The van der Waals surface area contributed by atoms with Gasteiger partial charge in [0.05, 0.1) is 17.3 Å². The molecule has 1 atom stereocenters. The van der Waals surface area contributed by atoms with Crippen molar-refractivity contribution in [2.24, 2.45) is 0 Å². The van der Waals surface area contributed by atoms with Gasteiger partial charge >= 0.3 is 5.97 Å². The first kappa shape index (κ1) is 26.7. The molecule has 0 spiro atoms. The third-order valence-electron chi connectivity index (χ3n) is 6.48. The molecular weight excluding hydrogens is 496 g/mol. The van der Waals surface area contributed by atoms with Crippen LogP contribution in [0.2, 0.25) is 0 Å². The van der Waals surface area contributed by atoms with E-state index in [1.807, 2.05) is 4.90 Å². The largest absolute Gasteiger partial charge is 0.480 e. The predicted molar refractivity (Wildman–Crippen MR) is 141 cm³/mol. The number of H-pyrrole nitrogens is 1. The lowest BCUT2D eigenvalue weighted by Crippen LogP contribution is -2.37. The number of nitrogens with one attached hydrogen (secondary N) is 3. The molecule has 0 aromatic carbocycles. The molecule has 3 aromatic heterocycles. The molecule has 12 nitrogen and oxygen atoms in total. The Morgan fingerprint density at radius 3 is 2.89 bits per heavy atom. The van der Waals surface area contributed by atoms with Crippen LogP contribution in [0.15, 0.2) is 24.7 Å². The van der Waals surface area contributed by atoms with E-state index in [1.165, 1.54) is 18.1 Å². The Morgan fingerprint density at radius 2 is 2.08 bits per heavy atom. The molecule has 0 saturated carbocycles. The molecule has 0 saturated heterocycles. The van der Waals surface area contributed by atoms with Gasteiger partial charge in [0.2, 0.25) is 0 Å². The fraction of sp³-hybridized carbons (Fsp3) is 0.542. The molecule has 37 heavy (non-hydrogen) atoms. The third kappa shape index (κ3) is 7.83. The number of anilines is 2. The molecule has 0 radical (unpaired) electrons. The lowest BCUT2D eigenvalue weighted by atomic mass is 10.1. The second-order valence-corrected chi connectivity index (χ2v) is 11.7. The Balaban J connectivity index is 1.32. The molecule has 4 heterocycles. The molecule has 1 aliphatic rings. The number of rotatable bonds is 14. The number of carbonyl (C=O) groups is 1. The molecule has 1 unspecified atom stereocenters. The Bertz CT molecular complexity index is 1310. The highest BCUT2D eigenvalue weighted by Gasteiger charge is 2.21. The van der Waals surface area contributed by atoms with Gasteiger partial charge in [-0.3, -0.25) is 5.10 Å². The number of hydrogen-bond donors (Lipinski definition) is 4. The summed E-state index contributed by atoms with van der Waals surface area (Å²) in [6.07, 6.45) is 9.15. The zero-order valence-corrected chi connectivity index (χ0v) is 21.8. The van der Waals surface area contributed by atoms with Gasteiger partial charge in [-0.25, -0.2) is 28.2 Å². The van der Waals surface area contributed by atoms with Crippen LogP contribution in [-0.2, 0) is 27.5 Å². The van der Waals surface area contributed by atoms with Crippen molar-refractivity contribution in [2.75, 3.05) is 48.8 Å². The van der Waals surface area contributed by atoms with Crippen molar-refractivity contribution in [3.05, 3.63) is 35.9 Å². The number of unbranched alkanes of at least 4 members (excludes halogenated alkanes) is 1. The van der Waals surface area contributed by atoms with E-state index in [-0.39, 0.29) is 12.2 Å². The number of nitrogens with zero attached hydrogens (tertiary/aromatic N) is 5. The number of aromatic amines is 1. The first-order valence-corrected chi connectivity index (χ1v) is 14.6. The molecule has 0 fully saturated rings. The minimum Gasteiger partial charge on any atom is -0.480 e. The van der Waals surface area contributed by atoms with Gasteiger partial charge < -0.3 is 20.6 Å². The average molecular weight is 531 g/mol. The van der Waals surface area contributed by atoms with Crippen LogP contribution in [-0.4, -0.2) is 93.8 Å². The molecule has 13 heteroatoms. The van der Waals surface area contributed by atoms with Crippen molar-refractivity contribution in [1.29, 1.82) is 0 Å². The second kappa shape index (κ2) is 12.3. The number of sulfone groups is 1. The van der Waals surface area contributed by atoms with Crippen LogP contribution in [0.1, 0.15) is 36.9 Å². The summed E-state index contributed by atoms with van der Waals surface area (Å²) in [5.74, 6) is 0.394. The number of hydrogen-bond acceptors (Lipinski definition) is 10. The Kier molecular flexibility index (Phi) is 8.87. The van der Waals surface area contributed by atoms with Crippen LogP contribution in [0.3, 0.4) is 0 Å². The zero-order valence-electron chi connectivity index (χ0n) is 21.0. The van der Waals surface area contributed by atoms with E-state index in [9.17, 15) is 18.3 Å². The summed E-state index contributed by atoms with van der Waals surface area (Å²) in [4.78, 5) is 27.0. The number of carboxylic acid groups (broad SMARTS) is 1. The fourth-order valence-electron chi connectivity index (χ4n) is 4.39. The van der Waals surface area contributed by atoms with Crippen molar-refractivity contribution >= 4 is 38.5 Å². The van der Waals surface area contributed by atoms with Gasteiger partial charge in [-0.2, -0.15) is 5.10 Å². The molecule has 200 valence electrons. The topological polar surface area (TPSA) is 166 Å². The predicted octanol–water partition coefficient (Wildman–Crippen LogP) is 1.73. The van der Waals surface area contributed by atoms with Crippen LogP contribution in [0.4, 0.5) is 11.6 Å². The lowest BCUT2D eigenvalue weighted by molar-refractivity contribution is -0.138. The van der Waals surface area contributed by atoms with Crippen LogP contribution in [0, 0.1) is 0 Å². The maximum atomic E-state index is 12.0. The minimum atomic E-state index is -3.14. The van der Waals surface area contributed by atoms with Gasteiger partial charge in [-0.1, -0.05) is 6.07 Å². The number of aryl methyl sites for hydroxylation is 2. The van der Waals surface area contributed by atoms with Crippen molar-refractivity contribution in [2.45, 2.75) is 44.6 Å². The van der Waals surface area contributed by atoms with Crippen molar-refractivity contribution in [3.63, 3.8) is 0 Å². The standard InChI is InChI=1S/C24H34N8O4S/c1-37(35,36)14-13-32(11-3-2-6-18-8-7-17-5-4-10-25-21(17)29-18)12-9-20(24(33)34)30-22-19-15-28-31-23(19)27-16-26-22/h7-8,15-16,20H,2-6,9-14H2,1H3,(H,25,29)(H,33,34)(H2,26,27,28,30,31). The maximum Gasteiger partial charge on any atom is 0.326 e. The molecule has 3 aromatic rings. The van der Waals surface area contributed by atoms with Gasteiger partial charge in [0, 0.05) is 31.6 Å². The zero-order chi connectivity index (χ0) is 26.3. The van der Waals surface area contributed by atoms with Gasteiger partial charge in [0.25, 0.3) is 0 Å². The van der Waals surface area contributed by atoms with E-state index < -0.39 is 21.8 Å². The molecule has 4 rings (SSSR count). The first-order valence-electron chi connectivity index (χ1n) is 12.5. The highest BCUT2D eigenvalue weighted by Crippen LogP contribution is 2.21. The van der Waals surface area contributed by atoms with Gasteiger partial charge in [-0.05, 0) is 56.7 Å². The summed E-state index contributed by atoms with van der Waals surface area (Å²) in [6.45, 7) is 2.41. The molecule has 0 amide bonds. The fourth-order valence-corrected chi connectivity index (χ4v) is 4.98. The molecular formula is C24H34N8O4S. The van der Waals surface area contributed by atoms with Crippen LogP contribution in [0.25, 0.3) is 11.0 Å². The number of carboxylic acids is 1. The highest BCUT2D eigenvalue weighted by atomic mass is 32.2. The van der Waals surface area contributed by atoms with Gasteiger partial charge in [-0.15, -0.1) is 0 Å². The van der Waals surface area contributed by atoms with E-state index in [4.69, 9.17) is 4.98 Å². The maximum absolute atomic E-state index is 12.0. The number of pyridine rings is 1. The van der Waals surface area contributed by atoms with E-state index in [2.05, 4.69) is 42.9 Å². The summed E-state index contributed by atoms with van der Waals surface area (Å²) < 4.78 is 23.6. The Labute approximate surface area is 216 Å². The summed E-state index contributed by atoms with van der Waals surface area (Å²) in [6, 6.07) is 3.33. The normalized spacial score (nSPS) is 14.3. The van der Waals surface area contributed by atoms with Crippen molar-refractivity contribution < 1.29 is 18.3 Å². The summed E-state index contributed by atoms with van der Waals surface area (Å²) in [5.41, 5.74) is 2.82. The highest BCUT2D eigenvalue weighted by molar-refractivity contribution is 7.90. The summed E-state index contributed by atoms with van der Waals surface area (Å²) in [7, 11) is -3.14. The molecule has 0 aliphatic carbocycles. The summed E-state index contributed by atoms with van der Waals surface area (Å²) in [5, 5.41) is 23.4. The van der Waals surface area contributed by atoms with E-state index >= 15 is 0 Å². The molecule has 0 bridgehead atoms. The minimum absolute atomic E-state index is 0.0256. The van der Waals surface area contributed by atoms with Gasteiger partial charge in [0.15, 0.2) is 5.65 Å². The van der Waals surface area contributed by atoms with E-state index in [0.29, 0.717) is 36.5 Å². The quantitative estimate of drug-likeness (QED) is 0.224. The monoisotopic (exact) mass is 530 g/mol. The number of fused-ring (bicyclic) bond motifs is 2. The molecule has 4 N–H and O–H groups in total. The van der Waals surface area contributed by atoms with Crippen molar-refractivity contribution in [3.8, 4) is 0 Å². The van der Waals surface area contributed by atoms with E-state index in [1.54, 1.807) is 6.20 Å². The second-order valence-electron chi connectivity index (χ2n) is 9.45. The van der Waals surface area contributed by atoms with Gasteiger partial charge in [0.1, 0.15) is 33.8 Å². The van der Waals surface area contributed by atoms with Crippen LogP contribution < -0.4 is 10.6 Å². The van der Waals surface area contributed by atoms with E-state index in [0.717, 1.165) is 50.2 Å². The smallest absolute Gasteiger partial charge is 0.326 e. The van der Waals surface area contributed by atoms with Crippen LogP contribution in [0.5, 0.6) is 0 Å². The molecule has 1 aliphatic heterocycles. The Hall–Kier alpha value is -3.32. The van der Waals surface area contributed by atoms with Crippen molar-refractivity contribution in [1.82, 2.24) is 30.0 Å². The number of aliphatic carboxylic acids is 1. The average Bonchev–Trinajstić information content (AvgIpc) is 3.36. The first-order chi connectivity index (χ1) is 17.8. The summed E-state index contributed by atoms with van der Waals surface area (Å²) >= 11 is 0. The lowest BCUT2D eigenvalue weighted by Gasteiger charge is -2.24.